The summed E-state index contributed by atoms with van der Waals surface area (Å²) in [7, 11) is 0. The topological polar surface area (TPSA) is 29.5 Å². The van der Waals surface area contributed by atoms with Crippen LogP contribution in [-0.4, -0.2) is 43.5 Å². The predicted molar refractivity (Wildman–Crippen MR) is 45.7 cm³/mol. The Morgan fingerprint density at radius 1 is 1.58 bits per heavy atom. The first-order valence-electron chi connectivity index (χ1n) is 4.10. The minimum absolute atomic E-state index is 0.0357. The van der Waals surface area contributed by atoms with E-state index in [-0.39, 0.29) is 6.04 Å². The molecule has 1 aliphatic rings. The lowest BCUT2D eigenvalue weighted by molar-refractivity contribution is -0.108. The quantitative estimate of drug-likeness (QED) is 0.434. The van der Waals surface area contributed by atoms with Gasteiger partial charge in [0.2, 0.25) is 0 Å². The summed E-state index contributed by atoms with van der Waals surface area (Å²) < 4.78 is 5.17. The number of carbonyl (C=O) groups excluding carboxylic acids is 1. The van der Waals surface area contributed by atoms with Crippen molar-refractivity contribution >= 4 is 6.29 Å². The van der Waals surface area contributed by atoms with Crippen molar-refractivity contribution in [3.8, 4) is 12.3 Å². The van der Waals surface area contributed by atoms with Gasteiger partial charge in [0.25, 0.3) is 0 Å². The van der Waals surface area contributed by atoms with Crippen molar-refractivity contribution in [1.82, 2.24) is 4.90 Å². The van der Waals surface area contributed by atoms with Crippen molar-refractivity contribution in [3.05, 3.63) is 0 Å². The highest BCUT2D eigenvalue weighted by Gasteiger charge is 2.17. The van der Waals surface area contributed by atoms with Gasteiger partial charge < -0.3 is 9.53 Å². The van der Waals surface area contributed by atoms with Gasteiger partial charge in [0.05, 0.1) is 19.3 Å². The summed E-state index contributed by atoms with van der Waals surface area (Å²) >= 11 is 0. The molecule has 0 bridgehead atoms. The van der Waals surface area contributed by atoms with Crippen molar-refractivity contribution in [1.29, 1.82) is 0 Å². The fourth-order valence-corrected chi connectivity index (χ4v) is 1.30. The molecule has 1 unspecified atom stereocenters. The summed E-state index contributed by atoms with van der Waals surface area (Å²) in [5.74, 6) is 2.61. The third-order valence-electron chi connectivity index (χ3n) is 2.00. The normalized spacial score (nSPS) is 21.2. The number of hydrogen-bond acceptors (Lipinski definition) is 3. The van der Waals surface area contributed by atoms with Crippen molar-refractivity contribution in [2.45, 2.75) is 12.5 Å². The molecular weight excluding hydrogens is 154 g/mol. The molecule has 0 aromatic heterocycles. The molecule has 0 aromatic rings. The van der Waals surface area contributed by atoms with Gasteiger partial charge in [0, 0.05) is 19.5 Å². The summed E-state index contributed by atoms with van der Waals surface area (Å²) in [6.45, 7) is 3.11. The zero-order valence-electron chi connectivity index (χ0n) is 7.03. The number of aldehydes is 1. The third-order valence-corrected chi connectivity index (χ3v) is 2.00. The first-order valence-corrected chi connectivity index (χ1v) is 4.10. The van der Waals surface area contributed by atoms with Gasteiger partial charge in [-0.1, -0.05) is 5.92 Å². The molecule has 0 saturated carbocycles. The molecule has 0 aliphatic carbocycles. The van der Waals surface area contributed by atoms with Gasteiger partial charge in [0.1, 0.15) is 6.29 Å². The number of carbonyl (C=O) groups is 1. The van der Waals surface area contributed by atoms with E-state index in [1.165, 1.54) is 0 Å². The summed E-state index contributed by atoms with van der Waals surface area (Å²) in [5.41, 5.74) is 0. The van der Waals surface area contributed by atoms with Crippen LogP contribution in [0.1, 0.15) is 6.42 Å². The van der Waals surface area contributed by atoms with Gasteiger partial charge in [-0.05, 0) is 0 Å². The molecule has 0 spiro atoms. The number of nitrogens with zero attached hydrogens (tertiary/aromatic N) is 1. The minimum Gasteiger partial charge on any atom is -0.379 e. The molecule has 0 aromatic carbocycles. The Kier molecular flexibility index (Phi) is 3.78. The van der Waals surface area contributed by atoms with Gasteiger partial charge in [-0.15, -0.1) is 6.42 Å². The van der Waals surface area contributed by atoms with Gasteiger partial charge in [0.15, 0.2) is 0 Å². The smallest absolute Gasteiger partial charge is 0.122 e. The molecule has 3 nitrogen and oxygen atoms in total. The van der Waals surface area contributed by atoms with Crippen molar-refractivity contribution in [2.24, 2.45) is 0 Å². The maximum atomic E-state index is 10.3. The molecule has 0 N–H and O–H groups in total. The second-order valence-electron chi connectivity index (χ2n) is 2.73. The Hall–Kier alpha value is -0.850. The summed E-state index contributed by atoms with van der Waals surface area (Å²) in [5, 5.41) is 0. The Morgan fingerprint density at radius 2 is 2.25 bits per heavy atom. The number of hydrogen-bond donors (Lipinski definition) is 0. The maximum Gasteiger partial charge on any atom is 0.122 e. The fraction of sp³-hybridized carbons (Fsp3) is 0.667. The van der Waals surface area contributed by atoms with Crippen LogP contribution in [0.2, 0.25) is 0 Å². The van der Waals surface area contributed by atoms with E-state index in [1.54, 1.807) is 0 Å². The van der Waals surface area contributed by atoms with E-state index >= 15 is 0 Å². The largest absolute Gasteiger partial charge is 0.379 e. The van der Waals surface area contributed by atoms with Gasteiger partial charge in [-0.3, -0.25) is 4.90 Å². The number of terminal acetylenes is 1. The molecule has 1 rings (SSSR count). The lowest BCUT2D eigenvalue weighted by atomic mass is 10.2. The van der Waals surface area contributed by atoms with Crippen LogP contribution >= 0.6 is 0 Å². The minimum atomic E-state index is -0.0357. The lowest BCUT2D eigenvalue weighted by Crippen LogP contribution is -2.43. The first kappa shape index (κ1) is 9.24. The summed E-state index contributed by atoms with van der Waals surface area (Å²) in [4.78, 5) is 12.4. The van der Waals surface area contributed by atoms with E-state index in [4.69, 9.17) is 11.2 Å². The predicted octanol–water partition coefficient (Wildman–Crippen LogP) is -0.0906. The second-order valence-corrected chi connectivity index (χ2v) is 2.73. The average molecular weight is 167 g/mol. The molecular formula is C9H13NO2. The molecule has 1 heterocycles. The Bertz CT molecular complexity index is 179. The molecule has 3 heteroatoms. The zero-order chi connectivity index (χ0) is 8.81. The highest BCUT2D eigenvalue weighted by atomic mass is 16.5. The van der Waals surface area contributed by atoms with E-state index in [1.807, 2.05) is 0 Å². The van der Waals surface area contributed by atoms with Crippen LogP contribution in [0.3, 0.4) is 0 Å². The van der Waals surface area contributed by atoms with E-state index in [2.05, 4.69) is 10.8 Å². The van der Waals surface area contributed by atoms with Crippen LogP contribution in [-0.2, 0) is 9.53 Å². The molecule has 1 fully saturated rings. The molecule has 0 radical (unpaired) electrons. The first-order chi connectivity index (χ1) is 5.88. The second kappa shape index (κ2) is 4.91. The van der Waals surface area contributed by atoms with Crippen LogP contribution < -0.4 is 0 Å². The highest BCUT2D eigenvalue weighted by molar-refractivity contribution is 5.51. The van der Waals surface area contributed by atoms with Gasteiger partial charge >= 0.3 is 0 Å². The average Bonchev–Trinajstić information content (AvgIpc) is 2.15. The Morgan fingerprint density at radius 3 is 2.75 bits per heavy atom. The zero-order valence-corrected chi connectivity index (χ0v) is 7.03. The molecule has 1 aliphatic heterocycles. The number of ether oxygens (including phenoxy) is 1. The molecule has 0 amide bonds. The summed E-state index contributed by atoms with van der Waals surface area (Å²) in [6, 6.07) is -0.0357. The van der Waals surface area contributed by atoms with Crippen LogP contribution in [0.4, 0.5) is 0 Å². The molecule has 12 heavy (non-hydrogen) atoms. The highest BCUT2D eigenvalue weighted by Crippen LogP contribution is 2.05. The Balaban J connectivity index is 2.41. The van der Waals surface area contributed by atoms with Crippen molar-refractivity contribution in [3.63, 3.8) is 0 Å². The fourth-order valence-electron chi connectivity index (χ4n) is 1.30. The van der Waals surface area contributed by atoms with Gasteiger partial charge in [-0.25, -0.2) is 0 Å². The summed E-state index contributed by atoms with van der Waals surface area (Å²) in [6.07, 6.45) is 6.60. The lowest BCUT2D eigenvalue weighted by Gasteiger charge is -2.30. The van der Waals surface area contributed by atoms with Crippen LogP contribution in [0, 0.1) is 12.3 Å². The van der Waals surface area contributed by atoms with E-state index in [9.17, 15) is 4.79 Å². The molecule has 66 valence electrons. The van der Waals surface area contributed by atoms with E-state index < -0.39 is 0 Å². The standard InChI is InChI=1S/C9H13NO2/c1-2-9(3-6-11)10-4-7-12-8-5-10/h1,6,9H,3-5,7-8H2. The maximum absolute atomic E-state index is 10.3. The van der Waals surface area contributed by atoms with Crippen LogP contribution in [0.5, 0.6) is 0 Å². The SMILES string of the molecule is C#CC(CC=O)N1CCOCC1. The van der Waals surface area contributed by atoms with E-state index in [0.717, 1.165) is 32.6 Å². The Labute approximate surface area is 72.7 Å². The van der Waals surface area contributed by atoms with Crippen LogP contribution in [0.15, 0.2) is 0 Å². The molecule has 1 atom stereocenters. The third kappa shape index (κ3) is 2.33. The van der Waals surface area contributed by atoms with Crippen LogP contribution in [0.25, 0.3) is 0 Å². The monoisotopic (exact) mass is 167 g/mol. The van der Waals surface area contributed by atoms with E-state index in [0.29, 0.717) is 6.42 Å². The number of morpholine rings is 1. The van der Waals surface area contributed by atoms with Crippen molar-refractivity contribution < 1.29 is 9.53 Å². The van der Waals surface area contributed by atoms with Gasteiger partial charge in [-0.2, -0.15) is 0 Å². The molecule has 1 saturated heterocycles. The van der Waals surface area contributed by atoms with Crippen molar-refractivity contribution in [2.75, 3.05) is 26.3 Å². The number of rotatable bonds is 3.